The van der Waals surface area contributed by atoms with E-state index in [4.69, 9.17) is 23.2 Å². The Morgan fingerprint density at radius 2 is 1.58 bits per heavy atom. The van der Waals surface area contributed by atoms with Crippen LogP contribution in [-0.4, -0.2) is 28.8 Å². The molecule has 1 aliphatic rings. The summed E-state index contributed by atoms with van der Waals surface area (Å²) in [4.78, 5) is 29.2. The van der Waals surface area contributed by atoms with E-state index in [1.165, 1.54) is 0 Å². The Kier molecular flexibility index (Phi) is 9.43. The first kappa shape index (κ1) is 26.2. The van der Waals surface area contributed by atoms with Crippen molar-refractivity contribution in [1.29, 1.82) is 0 Å². The number of hydrogen-bond donors (Lipinski definition) is 1. The van der Waals surface area contributed by atoms with E-state index in [2.05, 4.69) is 5.32 Å². The molecular weight excluding hydrogens is 491 g/mol. The molecule has 0 saturated heterocycles. The van der Waals surface area contributed by atoms with Crippen LogP contribution in [0.25, 0.3) is 0 Å². The molecule has 1 fully saturated rings. The number of carbonyl (C=O) groups excluding carboxylic acids is 2. The van der Waals surface area contributed by atoms with Crippen LogP contribution in [0.1, 0.15) is 48.8 Å². The highest BCUT2D eigenvalue weighted by molar-refractivity contribution is 6.31. The number of nitrogens with zero attached hydrogens (tertiary/aromatic N) is 1. The van der Waals surface area contributed by atoms with Crippen molar-refractivity contribution in [3.05, 3.63) is 106 Å². The lowest BCUT2D eigenvalue weighted by Crippen LogP contribution is -2.52. The zero-order chi connectivity index (χ0) is 25.3. The third-order valence-corrected chi connectivity index (χ3v) is 7.38. The molecule has 188 valence electrons. The van der Waals surface area contributed by atoms with Crippen LogP contribution in [0.5, 0.6) is 0 Å². The molecule has 6 heteroatoms. The van der Waals surface area contributed by atoms with Crippen molar-refractivity contribution in [2.24, 2.45) is 0 Å². The van der Waals surface area contributed by atoms with E-state index in [9.17, 15) is 9.59 Å². The van der Waals surface area contributed by atoms with Gasteiger partial charge in [-0.05, 0) is 54.2 Å². The molecule has 4 nitrogen and oxygen atoms in total. The van der Waals surface area contributed by atoms with Crippen LogP contribution in [0.3, 0.4) is 0 Å². The lowest BCUT2D eigenvalue weighted by atomic mass is 10.0. The van der Waals surface area contributed by atoms with Crippen molar-refractivity contribution in [2.45, 2.75) is 63.6 Å². The minimum atomic E-state index is -0.634. The minimum absolute atomic E-state index is 0.0857. The summed E-state index contributed by atoms with van der Waals surface area (Å²) >= 11 is 12.6. The molecule has 3 aromatic rings. The molecule has 1 N–H and O–H groups in total. The topological polar surface area (TPSA) is 49.4 Å². The highest BCUT2D eigenvalue weighted by Crippen LogP contribution is 2.22. The molecule has 36 heavy (non-hydrogen) atoms. The third-order valence-electron chi connectivity index (χ3n) is 6.78. The number of benzene rings is 3. The first-order chi connectivity index (χ1) is 17.5. The summed E-state index contributed by atoms with van der Waals surface area (Å²) in [7, 11) is 0. The van der Waals surface area contributed by atoms with Crippen LogP contribution >= 0.6 is 23.2 Å². The number of aryl methyl sites for hydroxylation is 1. The largest absolute Gasteiger partial charge is 0.352 e. The van der Waals surface area contributed by atoms with Gasteiger partial charge in [0.05, 0.1) is 0 Å². The van der Waals surface area contributed by atoms with Crippen molar-refractivity contribution in [1.82, 2.24) is 10.2 Å². The predicted molar refractivity (Wildman–Crippen MR) is 146 cm³/mol. The van der Waals surface area contributed by atoms with Gasteiger partial charge in [-0.15, -0.1) is 0 Å². The van der Waals surface area contributed by atoms with Crippen LogP contribution in [0.2, 0.25) is 10.0 Å². The fourth-order valence-electron chi connectivity index (χ4n) is 4.84. The maximum absolute atomic E-state index is 13.8. The summed E-state index contributed by atoms with van der Waals surface area (Å²) in [6, 6.07) is 24.4. The van der Waals surface area contributed by atoms with Crippen molar-refractivity contribution in [3.8, 4) is 0 Å². The molecular formula is C30H32Cl2N2O2. The van der Waals surface area contributed by atoms with E-state index in [-0.39, 0.29) is 24.3 Å². The van der Waals surface area contributed by atoms with Crippen LogP contribution in [0.15, 0.2) is 78.9 Å². The molecule has 0 bridgehead atoms. The van der Waals surface area contributed by atoms with Crippen molar-refractivity contribution >= 4 is 35.0 Å². The van der Waals surface area contributed by atoms with E-state index in [0.29, 0.717) is 29.4 Å². The Labute approximate surface area is 223 Å². The third kappa shape index (κ3) is 7.35. The first-order valence-electron chi connectivity index (χ1n) is 12.6. The molecule has 1 saturated carbocycles. The normalized spacial score (nSPS) is 14.4. The zero-order valence-electron chi connectivity index (χ0n) is 20.3. The summed E-state index contributed by atoms with van der Waals surface area (Å²) in [6.45, 7) is 0.303. The number of hydrogen-bond acceptors (Lipinski definition) is 2. The number of nitrogens with one attached hydrogen (secondary N) is 1. The van der Waals surface area contributed by atoms with Crippen LogP contribution < -0.4 is 5.32 Å². The Morgan fingerprint density at radius 1 is 0.889 bits per heavy atom. The lowest BCUT2D eigenvalue weighted by molar-refractivity contribution is -0.141. The Hall–Kier alpha value is -2.82. The standard InChI is InChI=1S/C30H32Cl2N2O2/c31-25-13-8-11-23(19-25)21-34(29(35)18-17-24-12-4-7-16-27(24)32)28(20-22-9-2-1-3-10-22)30(36)33-26-14-5-6-15-26/h1-4,7-13,16,19,26,28H,5-6,14-15,17-18,20-21H2,(H,33,36). The molecule has 0 aliphatic heterocycles. The van der Waals surface area contributed by atoms with Crippen LogP contribution in [-0.2, 0) is 29.0 Å². The molecule has 2 amide bonds. The average molecular weight is 524 g/mol. The molecule has 1 aliphatic carbocycles. The quantitative estimate of drug-likeness (QED) is 0.325. The number of amides is 2. The Balaban J connectivity index is 1.62. The molecule has 1 atom stereocenters. The van der Waals surface area contributed by atoms with E-state index in [1.807, 2.05) is 78.9 Å². The van der Waals surface area contributed by atoms with Crippen molar-refractivity contribution in [3.63, 3.8) is 0 Å². The number of rotatable bonds is 10. The highest BCUT2D eigenvalue weighted by atomic mass is 35.5. The minimum Gasteiger partial charge on any atom is -0.352 e. The SMILES string of the molecule is O=C(NC1CCCC1)C(Cc1ccccc1)N(Cc1cccc(Cl)c1)C(=O)CCc1ccccc1Cl. The van der Waals surface area contributed by atoms with E-state index < -0.39 is 6.04 Å². The predicted octanol–water partition coefficient (Wildman–Crippen LogP) is 6.62. The van der Waals surface area contributed by atoms with E-state index in [1.54, 1.807) is 4.90 Å². The molecule has 0 radical (unpaired) electrons. The molecule has 1 unspecified atom stereocenters. The van der Waals surface area contributed by atoms with Crippen molar-refractivity contribution in [2.75, 3.05) is 0 Å². The smallest absolute Gasteiger partial charge is 0.243 e. The second-order valence-electron chi connectivity index (χ2n) is 9.44. The monoisotopic (exact) mass is 522 g/mol. The van der Waals surface area contributed by atoms with Gasteiger partial charge in [-0.2, -0.15) is 0 Å². The molecule has 4 rings (SSSR count). The Bertz CT molecular complexity index is 1160. The van der Waals surface area contributed by atoms with Gasteiger partial charge in [-0.1, -0.05) is 96.7 Å². The van der Waals surface area contributed by atoms with Gasteiger partial charge in [-0.3, -0.25) is 9.59 Å². The van der Waals surface area contributed by atoms with Gasteiger partial charge >= 0.3 is 0 Å². The van der Waals surface area contributed by atoms with Gasteiger partial charge in [-0.25, -0.2) is 0 Å². The van der Waals surface area contributed by atoms with Gasteiger partial charge < -0.3 is 10.2 Å². The number of carbonyl (C=O) groups is 2. The molecule has 0 aromatic heterocycles. The molecule has 0 heterocycles. The van der Waals surface area contributed by atoms with E-state index in [0.717, 1.165) is 42.4 Å². The van der Waals surface area contributed by atoms with Gasteiger partial charge in [0.1, 0.15) is 6.04 Å². The summed E-state index contributed by atoms with van der Waals surface area (Å²) in [5, 5.41) is 4.48. The summed E-state index contributed by atoms with van der Waals surface area (Å²) in [6.07, 6.45) is 5.42. The second kappa shape index (κ2) is 12.9. The fraction of sp³-hybridized carbons (Fsp3) is 0.333. The van der Waals surface area contributed by atoms with Gasteiger partial charge in [0.25, 0.3) is 0 Å². The Morgan fingerprint density at radius 3 is 2.31 bits per heavy atom. The lowest BCUT2D eigenvalue weighted by Gasteiger charge is -2.32. The van der Waals surface area contributed by atoms with Gasteiger partial charge in [0, 0.05) is 35.5 Å². The summed E-state index contributed by atoms with van der Waals surface area (Å²) < 4.78 is 0. The maximum atomic E-state index is 13.8. The first-order valence-corrected chi connectivity index (χ1v) is 13.4. The zero-order valence-corrected chi connectivity index (χ0v) is 21.8. The fourth-order valence-corrected chi connectivity index (χ4v) is 5.28. The van der Waals surface area contributed by atoms with Crippen molar-refractivity contribution < 1.29 is 9.59 Å². The van der Waals surface area contributed by atoms with E-state index >= 15 is 0 Å². The van der Waals surface area contributed by atoms with Crippen LogP contribution in [0.4, 0.5) is 0 Å². The summed E-state index contributed by atoms with van der Waals surface area (Å²) in [5.41, 5.74) is 2.82. The second-order valence-corrected chi connectivity index (χ2v) is 10.3. The average Bonchev–Trinajstić information content (AvgIpc) is 3.39. The molecule has 3 aromatic carbocycles. The van der Waals surface area contributed by atoms with Gasteiger partial charge in [0.2, 0.25) is 11.8 Å². The summed E-state index contributed by atoms with van der Waals surface area (Å²) in [5.74, 6) is -0.184. The number of halogens is 2. The molecule has 0 spiro atoms. The van der Waals surface area contributed by atoms with Crippen LogP contribution in [0, 0.1) is 0 Å². The van der Waals surface area contributed by atoms with Gasteiger partial charge in [0.15, 0.2) is 0 Å². The maximum Gasteiger partial charge on any atom is 0.243 e. The highest BCUT2D eigenvalue weighted by Gasteiger charge is 2.32.